The molecule has 0 aliphatic rings. The largest absolute Gasteiger partial charge is 0.496 e. The molecule has 2 nitrogen and oxygen atoms in total. The zero-order valence-corrected chi connectivity index (χ0v) is 12.3. The van der Waals surface area contributed by atoms with E-state index >= 15 is 0 Å². The highest BCUT2D eigenvalue weighted by atomic mass is 35.5. The van der Waals surface area contributed by atoms with E-state index < -0.39 is 0 Å². The smallest absolute Gasteiger partial charge is 0.126 e. The van der Waals surface area contributed by atoms with Crippen molar-refractivity contribution in [1.82, 2.24) is 5.32 Å². The van der Waals surface area contributed by atoms with Crippen LogP contribution in [0.4, 0.5) is 4.39 Å². The number of hydrogen-bond acceptors (Lipinski definition) is 2. The lowest BCUT2D eigenvalue weighted by Crippen LogP contribution is -2.17. The molecule has 4 heteroatoms. The van der Waals surface area contributed by atoms with Crippen molar-refractivity contribution in [3.8, 4) is 5.75 Å². The van der Waals surface area contributed by atoms with Crippen LogP contribution in [-0.4, -0.2) is 13.7 Å². The minimum absolute atomic E-state index is 0. The van der Waals surface area contributed by atoms with Crippen molar-refractivity contribution < 1.29 is 9.13 Å². The Bertz CT molecular complexity index is 533. The molecule has 0 spiro atoms. The minimum atomic E-state index is -0.137. The van der Waals surface area contributed by atoms with Crippen molar-refractivity contribution in [3.63, 3.8) is 0 Å². The van der Waals surface area contributed by atoms with E-state index in [1.807, 2.05) is 36.4 Å². The van der Waals surface area contributed by atoms with Crippen molar-refractivity contribution in [2.45, 2.75) is 13.0 Å². The molecule has 0 aliphatic heterocycles. The maximum Gasteiger partial charge on any atom is 0.126 e. The first-order valence-electron chi connectivity index (χ1n) is 6.37. The average Bonchev–Trinajstić information content (AvgIpc) is 2.45. The van der Waals surface area contributed by atoms with E-state index in [1.54, 1.807) is 13.2 Å². The average molecular weight is 296 g/mol. The van der Waals surface area contributed by atoms with Gasteiger partial charge in [-0.1, -0.05) is 36.4 Å². The highest BCUT2D eigenvalue weighted by Gasteiger charge is 2.02. The Morgan fingerprint density at radius 2 is 1.65 bits per heavy atom. The molecule has 0 heterocycles. The minimum Gasteiger partial charge on any atom is -0.496 e. The summed E-state index contributed by atoms with van der Waals surface area (Å²) >= 11 is 0. The molecule has 1 N–H and O–H groups in total. The van der Waals surface area contributed by atoms with Crippen LogP contribution in [0.15, 0.2) is 48.5 Å². The van der Waals surface area contributed by atoms with Crippen molar-refractivity contribution in [3.05, 3.63) is 65.5 Å². The summed E-state index contributed by atoms with van der Waals surface area (Å²) in [6.45, 7) is 1.46. The fourth-order valence-corrected chi connectivity index (χ4v) is 2.00. The van der Waals surface area contributed by atoms with Crippen LogP contribution in [0, 0.1) is 5.82 Å². The molecule has 2 aromatic carbocycles. The normalized spacial score (nSPS) is 9.90. The van der Waals surface area contributed by atoms with Crippen LogP contribution in [0.5, 0.6) is 5.75 Å². The number of hydrogen-bond donors (Lipinski definition) is 1. The number of benzene rings is 2. The monoisotopic (exact) mass is 295 g/mol. The van der Waals surface area contributed by atoms with Gasteiger partial charge in [0.25, 0.3) is 0 Å². The van der Waals surface area contributed by atoms with Crippen LogP contribution in [0.2, 0.25) is 0 Å². The van der Waals surface area contributed by atoms with E-state index in [0.717, 1.165) is 30.0 Å². The SMILES string of the molecule is COc1ccccc1CNCCc1ccccc1F.Cl. The zero-order chi connectivity index (χ0) is 13.5. The van der Waals surface area contributed by atoms with Crippen molar-refractivity contribution in [2.24, 2.45) is 0 Å². The number of nitrogens with one attached hydrogen (secondary N) is 1. The Morgan fingerprint density at radius 3 is 2.35 bits per heavy atom. The molecule has 0 unspecified atom stereocenters. The number of ether oxygens (including phenoxy) is 1. The molecule has 0 aliphatic carbocycles. The summed E-state index contributed by atoms with van der Waals surface area (Å²) in [5.74, 6) is 0.738. The Morgan fingerprint density at radius 1 is 1.00 bits per heavy atom. The lowest BCUT2D eigenvalue weighted by Gasteiger charge is -2.09. The van der Waals surface area contributed by atoms with Gasteiger partial charge in [-0.05, 0) is 30.7 Å². The van der Waals surface area contributed by atoms with Gasteiger partial charge in [-0.15, -0.1) is 12.4 Å². The molecule has 0 saturated heterocycles. The van der Waals surface area contributed by atoms with Gasteiger partial charge in [-0.2, -0.15) is 0 Å². The Labute approximate surface area is 125 Å². The van der Waals surface area contributed by atoms with Gasteiger partial charge in [-0.25, -0.2) is 4.39 Å². The topological polar surface area (TPSA) is 21.3 Å². The summed E-state index contributed by atoms with van der Waals surface area (Å²) in [7, 11) is 1.66. The summed E-state index contributed by atoms with van der Waals surface area (Å²) in [5, 5.41) is 3.31. The molecule has 0 fully saturated rings. The molecule has 2 rings (SSSR count). The molecular formula is C16H19ClFNO. The highest BCUT2D eigenvalue weighted by molar-refractivity contribution is 5.85. The molecule has 2 aromatic rings. The summed E-state index contributed by atoms with van der Waals surface area (Å²) in [6, 6.07) is 14.8. The van der Waals surface area contributed by atoms with Gasteiger partial charge in [-0.3, -0.25) is 0 Å². The number of halogens is 2. The van der Waals surface area contributed by atoms with Crippen LogP contribution in [0.25, 0.3) is 0 Å². The molecule has 0 amide bonds. The van der Waals surface area contributed by atoms with Crippen LogP contribution in [0.3, 0.4) is 0 Å². The summed E-state index contributed by atoms with van der Waals surface area (Å²) in [5.41, 5.74) is 1.86. The number of para-hydroxylation sites is 1. The molecule has 0 aromatic heterocycles. The standard InChI is InChI=1S/C16H18FNO.ClH/c1-19-16-9-5-3-7-14(16)12-18-11-10-13-6-2-4-8-15(13)17;/h2-9,18H,10-12H2,1H3;1H. The Balaban J connectivity index is 0.00000200. The summed E-state index contributed by atoms with van der Waals surface area (Å²) < 4.78 is 18.7. The van der Waals surface area contributed by atoms with E-state index in [-0.39, 0.29) is 18.2 Å². The predicted molar refractivity (Wildman–Crippen MR) is 82.1 cm³/mol. The quantitative estimate of drug-likeness (QED) is 0.822. The third kappa shape index (κ3) is 4.51. The van der Waals surface area contributed by atoms with Crippen LogP contribution >= 0.6 is 12.4 Å². The molecule has 0 radical (unpaired) electrons. The van der Waals surface area contributed by atoms with Crippen molar-refractivity contribution in [2.75, 3.05) is 13.7 Å². The van der Waals surface area contributed by atoms with Gasteiger partial charge >= 0.3 is 0 Å². The fraction of sp³-hybridized carbons (Fsp3) is 0.250. The number of rotatable bonds is 6. The van der Waals surface area contributed by atoms with E-state index in [2.05, 4.69) is 5.32 Å². The second-order valence-corrected chi connectivity index (χ2v) is 4.33. The fourth-order valence-electron chi connectivity index (χ4n) is 2.00. The van der Waals surface area contributed by atoms with E-state index in [9.17, 15) is 4.39 Å². The van der Waals surface area contributed by atoms with Crippen LogP contribution < -0.4 is 10.1 Å². The Kier molecular flexibility index (Phi) is 7.05. The van der Waals surface area contributed by atoms with Crippen LogP contribution in [0.1, 0.15) is 11.1 Å². The second kappa shape index (κ2) is 8.56. The highest BCUT2D eigenvalue weighted by Crippen LogP contribution is 2.16. The third-order valence-corrected chi connectivity index (χ3v) is 3.04. The molecule has 20 heavy (non-hydrogen) atoms. The Hall–Kier alpha value is -1.58. The predicted octanol–water partition coefficient (Wildman–Crippen LogP) is 3.59. The summed E-state index contributed by atoms with van der Waals surface area (Å²) in [4.78, 5) is 0. The van der Waals surface area contributed by atoms with Crippen LogP contribution in [-0.2, 0) is 13.0 Å². The van der Waals surface area contributed by atoms with Gasteiger partial charge in [0.1, 0.15) is 11.6 Å². The van der Waals surface area contributed by atoms with Gasteiger partial charge in [0, 0.05) is 12.1 Å². The van der Waals surface area contributed by atoms with E-state index in [0.29, 0.717) is 6.42 Å². The van der Waals surface area contributed by atoms with E-state index in [4.69, 9.17) is 4.74 Å². The van der Waals surface area contributed by atoms with Gasteiger partial charge in [0.15, 0.2) is 0 Å². The van der Waals surface area contributed by atoms with Gasteiger partial charge in [0.05, 0.1) is 7.11 Å². The maximum absolute atomic E-state index is 13.4. The first-order chi connectivity index (χ1) is 9.31. The van der Waals surface area contributed by atoms with Crippen molar-refractivity contribution >= 4 is 12.4 Å². The first-order valence-corrected chi connectivity index (χ1v) is 6.37. The lowest BCUT2D eigenvalue weighted by molar-refractivity contribution is 0.408. The lowest BCUT2D eigenvalue weighted by atomic mass is 10.1. The maximum atomic E-state index is 13.4. The first kappa shape index (κ1) is 16.5. The zero-order valence-electron chi connectivity index (χ0n) is 11.4. The molecule has 0 saturated carbocycles. The molecule has 0 bridgehead atoms. The molecule has 108 valence electrons. The van der Waals surface area contributed by atoms with Crippen molar-refractivity contribution in [1.29, 1.82) is 0 Å². The van der Waals surface area contributed by atoms with Gasteiger partial charge in [0.2, 0.25) is 0 Å². The third-order valence-electron chi connectivity index (χ3n) is 3.04. The molecule has 0 atom stereocenters. The number of methoxy groups -OCH3 is 1. The van der Waals surface area contributed by atoms with Gasteiger partial charge < -0.3 is 10.1 Å². The molecular weight excluding hydrogens is 277 g/mol. The van der Waals surface area contributed by atoms with E-state index in [1.165, 1.54) is 6.07 Å². The summed E-state index contributed by atoms with van der Waals surface area (Å²) in [6.07, 6.45) is 0.682. The second-order valence-electron chi connectivity index (χ2n) is 4.33.